The summed E-state index contributed by atoms with van der Waals surface area (Å²) in [5.41, 5.74) is 20.2. The third-order valence-corrected chi connectivity index (χ3v) is 10.5. The first-order chi connectivity index (χ1) is 17.3. The van der Waals surface area contributed by atoms with Gasteiger partial charge in [0.15, 0.2) is 5.54 Å². The third-order valence-electron chi connectivity index (χ3n) is 10.5. The van der Waals surface area contributed by atoms with Gasteiger partial charge in [0.05, 0.1) is 6.54 Å². The van der Waals surface area contributed by atoms with Crippen LogP contribution in [0.2, 0.25) is 0 Å². The molecule has 1 aromatic heterocycles. The number of rotatable bonds is 7. The van der Waals surface area contributed by atoms with Gasteiger partial charge in [0, 0.05) is 23.6 Å². The predicted octanol–water partition coefficient (Wildman–Crippen LogP) is 4.80. The molecule has 214 valence electrons. The number of pyridine rings is 1. The van der Waals surface area contributed by atoms with Gasteiger partial charge in [-0.05, 0) is 49.7 Å². The quantitative estimate of drug-likeness (QED) is 0.407. The number of fused-ring (bicyclic) bond motifs is 1. The number of hydrogen-bond acceptors (Lipinski definition) is 5. The van der Waals surface area contributed by atoms with Crippen molar-refractivity contribution < 1.29 is 14.1 Å². The monoisotopic (exact) mass is 568 g/mol. The first-order valence-electron chi connectivity index (χ1n) is 14.5. The fourth-order valence-electron chi connectivity index (χ4n) is 8.63. The first-order valence-corrected chi connectivity index (χ1v) is 14.5. The van der Waals surface area contributed by atoms with Crippen LogP contribution in [0.4, 0.5) is 5.82 Å². The van der Waals surface area contributed by atoms with Crippen LogP contribution >= 0.6 is 24.8 Å². The van der Waals surface area contributed by atoms with Crippen LogP contribution in [0.3, 0.4) is 0 Å². The summed E-state index contributed by atoms with van der Waals surface area (Å²) >= 11 is 0. The van der Waals surface area contributed by atoms with Crippen LogP contribution in [0.1, 0.15) is 94.7 Å². The van der Waals surface area contributed by atoms with E-state index < -0.39 is 11.6 Å². The molecule has 0 radical (unpaired) electrons. The van der Waals surface area contributed by atoms with Crippen LogP contribution in [0.5, 0.6) is 0 Å². The zero-order valence-electron chi connectivity index (χ0n) is 22.9. The van der Waals surface area contributed by atoms with E-state index in [2.05, 4.69) is 4.98 Å². The Morgan fingerprint density at radius 2 is 1.55 bits per heavy atom. The Morgan fingerprint density at radius 1 is 0.974 bits per heavy atom. The lowest BCUT2D eigenvalue weighted by Crippen LogP contribution is -2.71. The van der Waals surface area contributed by atoms with Crippen molar-refractivity contribution in [3.05, 3.63) is 23.4 Å². The van der Waals surface area contributed by atoms with Gasteiger partial charge in [-0.1, -0.05) is 64.2 Å². The first kappa shape index (κ1) is 31.1. The number of likely N-dealkylation sites (tertiary alicyclic amines) is 1. The number of anilines is 1. The van der Waals surface area contributed by atoms with Crippen LogP contribution in [0, 0.1) is 30.6 Å². The Kier molecular flexibility index (Phi) is 10.2. The van der Waals surface area contributed by atoms with Gasteiger partial charge in [-0.25, -0.2) is 14.3 Å². The molecule has 6 N–H and O–H groups in total. The average Bonchev–Trinajstić information content (AvgIpc) is 3.64. The van der Waals surface area contributed by atoms with E-state index in [0.29, 0.717) is 37.2 Å². The molecule has 4 aliphatic rings. The Hall–Kier alpha value is -1.41. The minimum Gasteiger partial charge on any atom is -0.384 e. The zero-order valence-corrected chi connectivity index (χ0v) is 24.5. The van der Waals surface area contributed by atoms with Gasteiger partial charge in [0.25, 0.3) is 5.91 Å². The summed E-state index contributed by atoms with van der Waals surface area (Å²) in [5.74, 6) is 1.56. The van der Waals surface area contributed by atoms with Crippen molar-refractivity contribution in [2.24, 2.45) is 35.1 Å². The smallest absolute Gasteiger partial charge is 0.331 e. The summed E-state index contributed by atoms with van der Waals surface area (Å²) in [7, 11) is 0. The number of carbonyl (C=O) groups is 2. The van der Waals surface area contributed by atoms with Crippen LogP contribution < -0.4 is 17.2 Å². The van der Waals surface area contributed by atoms with Gasteiger partial charge < -0.3 is 17.2 Å². The molecule has 0 spiro atoms. The number of nitrogens with two attached hydrogens (primary N) is 3. The van der Waals surface area contributed by atoms with Crippen LogP contribution in [0.15, 0.2) is 12.1 Å². The third kappa shape index (κ3) is 5.33. The van der Waals surface area contributed by atoms with Gasteiger partial charge in [-0.15, -0.1) is 24.8 Å². The number of halogens is 2. The molecule has 7 nitrogen and oxygen atoms in total. The summed E-state index contributed by atoms with van der Waals surface area (Å²) in [6.07, 6.45) is 14.8. The Bertz CT molecular complexity index is 979. The number of piperidine rings is 1. The molecule has 4 fully saturated rings. The van der Waals surface area contributed by atoms with Crippen molar-refractivity contribution in [2.75, 3.05) is 12.3 Å². The zero-order chi connectivity index (χ0) is 25.5. The maximum atomic E-state index is 14.9. The number of nitrogen functional groups attached to an aromatic ring is 1. The van der Waals surface area contributed by atoms with Gasteiger partial charge in [0.1, 0.15) is 18.4 Å². The SMILES string of the molecule is Cc1nc(N)ccc1C[N+]1(C(=O)[C@H](N)C(C2CCCCC2)C2CCCCC2)CCC[C@@H]2C[C@@]21C(N)=O.Cl.Cl. The second-order valence-electron chi connectivity index (χ2n) is 12.4. The molecule has 2 amide bonds. The molecule has 2 heterocycles. The number of quaternary nitrogens is 1. The lowest BCUT2D eigenvalue weighted by Gasteiger charge is -2.48. The van der Waals surface area contributed by atoms with Gasteiger partial charge in [-0.2, -0.15) is 0 Å². The van der Waals surface area contributed by atoms with Crippen molar-refractivity contribution in [1.29, 1.82) is 0 Å². The van der Waals surface area contributed by atoms with E-state index in [1.165, 1.54) is 64.2 Å². The van der Waals surface area contributed by atoms with Gasteiger partial charge in [0.2, 0.25) is 0 Å². The highest BCUT2D eigenvalue weighted by Gasteiger charge is 2.76. The van der Waals surface area contributed by atoms with E-state index in [1.54, 1.807) is 6.07 Å². The van der Waals surface area contributed by atoms with Crippen molar-refractivity contribution in [3.63, 3.8) is 0 Å². The maximum Gasteiger partial charge on any atom is 0.331 e. The molecule has 4 atom stereocenters. The van der Waals surface area contributed by atoms with Crippen molar-refractivity contribution in [3.8, 4) is 0 Å². The number of aryl methyl sites for hydroxylation is 1. The van der Waals surface area contributed by atoms with Crippen molar-refractivity contribution in [1.82, 2.24) is 4.98 Å². The van der Waals surface area contributed by atoms with Gasteiger partial charge in [-0.3, -0.25) is 4.79 Å². The molecule has 0 bridgehead atoms. The Morgan fingerprint density at radius 3 is 2.08 bits per heavy atom. The number of primary amides is 1. The van der Waals surface area contributed by atoms with Crippen LogP contribution in [0.25, 0.3) is 0 Å². The number of amides is 2. The highest BCUT2D eigenvalue weighted by molar-refractivity contribution is 5.91. The molecule has 5 rings (SSSR count). The molecule has 1 saturated heterocycles. The topological polar surface area (TPSA) is 125 Å². The summed E-state index contributed by atoms with van der Waals surface area (Å²) in [4.78, 5) is 32.5. The molecular weight excluding hydrogens is 521 g/mol. The molecule has 3 saturated carbocycles. The minimum atomic E-state index is -0.829. The predicted molar refractivity (Wildman–Crippen MR) is 156 cm³/mol. The standard InChI is InChI=1S/C29H45N5O2.2ClH/c1-19-22(14-15-24(30)33-19)18-34(16-8-13-23-17-29(23,34)28(32)36)27(35)26(31)25(20-9-4-2-5-10-20)21-11-6-3-7-12-21;;/h14-15,20-21,23,25-26H,2-13,16-18,31H2,1H3,(H3-,30,32,33,36);2*1H/p+1/t23-,26-,29+,34?;;/m1../s1. The molecule has 3 aliphatic carbocycles. The van der Waals surface area contributed by atoms with Crippen LogP contribution in [-0.4, -0.2) is 39.4 Å². The van der Waals surface area contributed by atoms with Crippen LogP contribution in [-0.2, 0) is 16.1 Å². The fraction of sp³-hybridized carbons (Fsp3) is 0.759. The van der Waals surface area contributed by atoms with Crippen molar-refractivity contribution in [2.45, 2.75) is 109 Å². The number of aromatic nitrogens is 1. The summed E-state index contributed by atoms with van der Waals surface area (Å²) < 4.78 is 0.0799. The largest absolute Gasteiger partial charge is 0.384 e. The molecular formula is C29H48Cl2N5O2+. The van der Waals surface area contributed by atoms with Crippen molar-refractivity contribution >= 4 is 42.4 Å². The molecule has 1 aromatic rings. The normalized spacial score (nSPS) is 30.4. The van der Waals surface area contributed by atoms with E-state index in [0.717, 1.165) is 24.1 Å². The lowest BCUT2D eigenvalue weighted by atomic mass is 9.66. The van der Waals surface area contributed by atoms with E-state index in [4.69, 9.17) is 17.2 Å². The second kappa shape index (κ2) is 12.4. The number of nitrogens with zero attached hydrogens (tertiary/aromatic N) is 2. The number of hydrogen-bond donors (Lipinski definition) is 3. The molecule has 9 heteroatoms. The Labute approximate surface area is 240 Å². The Balaban J connectivity index is 0.00000200. The number of carbonyl (C=O) groups excluding carboxylic acids is 2. The van der Waals surface area contributed by atoms with E-state index in [1.807, 2.05) is 13.0 Å². The summed E-state index contributed by atoms with van der Waals surface area (Å²) in [5, 5.41) is 0. The van der Waals surface area contributed by atoms with E-state index in [-0.39, 0.29) is 52.9 Å². The average molecular weight is 570 g/mol. The molecule has 1 unspecified atom stereocenters. The minimum absolute atomic E-state index is 0. The second-order valence-corrected chi connectivity index (χ2v) is 12.4. The molecule has 1 aliphatic heterocycles. The summed E-state index contributed by atoms with van der Waals surface area (Å²) in [6.45, 7) is 2.98. The fourth-order valence-corrected chi connectivity index (χ4v) is 8.63. The van der Waals surface area contributed by atoms with Gasteiger partial charge >= 0.3 is 5.91 Å². The highest BCUT2D eigenvalue weighted by Crippen LogP contribution is 2.59. The highest BCUT2D eigenvalue weighted by atomic mass is 35.5. The molecule has 0 aromatic carbocycles. The summed E-state index contributed by atoms with van der Waals surface area (Å²) in [6, 6.07) is 3.20. The lowest BCUT2D eigenvalue weighted by molar-refractivity contribution is -0.900. The maximum absolute atomic E-state index is 14.9. The van der Waals surface area contributed by atoms with E-state index >= 15 is 0 Å². The molecule has 38 heavy (non-hydrogen) atoms. The van der Waals surface area contributed by atoms with E-state index in [9.17, 15) is 9.59 Å².